The van der Waals surface area contributed by atoms with Crippen LogP contribution in [-0.2, 0) is 13.7 Å². The van der Waals surface area contributed by atoms with Gasteiger partial charge in [-0.1, -0.05) is 41.9 Å². The summed E-state index contributed by atoms with van der Waals surface area (Å²) in [6.07, 6.45) is 3.53. The second kappa shape index (κ2) is 6.69. The van der Waals surface area contributed by atoms with E-state index in [0.29, 0.717) is 22.1 Å². The summed E-state index contributed by atoms with van der Waals surface area (Å²) in [6.45, 7) is 0.265. The Morgan fingerprint density at radius 3 is 2.50 bits per heavy atom. The first-order valence-corrected chi connectivity index (χ1v) is 8.51. The number of imidazole rings is 1. The summed E-state index contributed by atoms with van der Waals surface area (Å²) in [5.41, 5.74) is 3.05. The first kappa shape index (κ1) is 16.4. The molecule has 0 bridgehead atoms. The van der Waals surface area contributed by atoms with E-state index in [1.165, 1.54) is 0 Å². The van der Waals surface area contributed by atoms with Gasteiger partial charge in [0.15, 0.2) is 5.65 Å². The SMILES string of the molecule is Cn1cc(-c2ccccc2)c2nc(COc3ccc(Cl)cc3)cn2c1=O. The third-order valence-corrected chi connectivity index (χ3v) is 4.36. The average Bonchev–Trinajstić information content (AvgIpc) is 3.09. The maximum Gasteiger partial charge on any atom is 0.333 e. The highest BCUT2D eigenvalue weighted by Gasteiger charge is 2.13. The zero-order valence-electron chi connectivity index (χ0n) is 14.1. The fourth-order valence-corrected chi connectivity index (χ4v) is 2.95. The summed E-state index contributed by atoms with van der Waals surface area (Å²) >= 11 is 5.88. The van der Waals surface area contributed by atoms with Crippen LogP contribution in [0.1, 0.15) is 5.69 Å². The molecule has 0 unspecified atom stereocenters. The van der Waals surface area contributed by atoms with Crippen LogP contribution in [0.4, 0.5) is 0 Å². The molecule has 0 saturated carbocycles. The normalized spacial score (nSPS) is 11.0. The van der Waals surface area contributed by atoms with Crippen molar-refractivity contribution in [3.05, 3.63) is 88.2 Å². The minimum atomic E-state index is -0.148. The molecule has 0 aliphatic carbocycles. The number of fused-ring (bicyclic) bond motifs is 1. The van der Waals surface area contributed by atoms with Crippen molar-refractivity contribution < 1.29 is 4.74 Å². The maximum atomic E-state index is 12.5. The van der Waals surface area contributed by atoms with Crippen molar-refractivity contribution in [1.29, 1.82) is 0 Å². The standard InChI is InChI=1S/C20H16ClN3O2/c1-23-12-18(14-5-3-2-4-6-14)19-22-16(11-24(19)20(23)25)13-26-17-9-7-15(21)8-10-17/h2-12H,13H2,1H3. The Kier molecular flexibility index (Phi) is 4.22. The summed E-state index contributed by atoms with van der Waals surface area (Å²) in [7, 11) is 1.73. The van der Waals surface area contributed by atoms with E-state index >= 15 is 0 Å². The molecule has 2 aromatic carbocycles. The molecule has 0 saturated heterocycles. The highest BCUT2D eigenvalue weighted by molar-refractivity contribution is 6.30. The Balaban J connectivity index is 1.73. The van der Waals surface area contributed by atoms with Gasteiger partial charge in [-0.15, -0.1) is 0 Å². The van der Waals surface area contributed by atoms with Crippen LogP contribution in [0.15, 0.2) is 71.8 Å². The van der Waals surface area contributed by atoms with Crippen LogP contribution >= 0.6 is 11.6 Å². The highest BCUT2D eigenvalue weighted by atomic mass is 35.5. The molecule has 2 heterocycles. The van der Waals surface area contributed by atoms with Crippen molar-refractivity contribution in [1.82, 2.24) is 14.0 Å². The fourth-order valence-electron chi connectivity index (χ4n) is 2.82. The molecule has 0 atom stereocenters. The van der Waals surface area contributed by atoms with Crippen LogP contribution in [0.3, 0.4) is 0 Å². The lowest BCUT2D eigenvalue weighted by molar-refractivity contribution is 0.302. The Morgan fingerprint density at radius 2 is 1.77 bits per heavy atom. The van der Waals surface area contributed by atoms with Crippen molar-refractivity contribution in [3.8, 4) is 16.9 Å². The van der Waals surface area contributed by atoms with E-state index in [4.69, 9.17) is 16.3 Å². The van der Waals surface area contributed by atoms with E-state index < -0.39 is 0 Å². The molecule has 0 fully saturated rings. The summed E-state index contributed by atoms with van der Waals surface area (Å²) in [5.74, 6) is 0.697. The minimum absolute atomic E-state index is 0.148. The van der Waals surface area contributed by atoms with Gasteiger partial charge in [0.05, 0.1) is 5.69 Å². The van der Waals surface area contributed by atoms with Crippen molar-refractivity contribution in [2.75, 3.05) is 0 Å². The number of aromatic nitrogens is 3. The van der Waals surface area contributed by atoms with Crippen LogP contribution in [-0.4, -0.2) is 14.0 Å². The Labute approximate surface area is 155 Å². The van der Waals surface area contributed by atoms with Gasteiger partial charge in [-0.3, -0.25) is 4.40 Å². The third-order valence-electron chi connectivity index (χ3n) is 4.11. The molecule has 6 heteroatoms. The molecule has 0 N–H and O–H groups in total. The predicted octanol–water partition coefficient (Wildman–Crippen LogP) is 3.93. The predicted molar refractivity (Wildman–Crippen MR) is 102 cm³/mol. The number of benzene rings is 2. The highest BCUT2D eigenvalue weighted by Crippen LogP contribution is 2.23. The number of nitrogens with zero attached hydrogens (tertiary/aromatic N) is 3. The number of ether oxygens (including phenoxy) is 1. The molecule has 4 rings (SSSR count). The zero-order chi connectivity index (χ0) is 18.1. The van der Waals surface area contributed by atoms with Crippen LogP contribution in [0.2, 0.25) is 5.02 Å². The molecule has 0 aliphatic heterocycles. The van der Waals surface area contributed by atoms with Crippen molar-refractivity contribution in [3.63, 3.8) is 0 Å². The van der Waals surface area contributed by atoms with Gasteiger partial charge in [0, 0.05) is 30.0 Å². The first-order valence-electron chi connectivity index (χ1n) is 8.13. The molecule has 2 aromatic heterocycles. The van der Waals surface area contributed by atoms with E-state index in [-0.39, 0.29) is 12.3 Å². The maximum absolute atomic E-state index is 12.5. The second-order valence-corrected chi connectivity index (χ2v) is 6.41. The van der Waals surface area contributed by atoms with Gasteiger partial charge in [-0.2, -0.15) is 0 Å². The molecule has 26 heavy (non-hydrogen) atoms. The lowest BCUT2D eigenvalue weighted by Gasteiger charge is -2.06. The van der Waals surface area contributed by atoms with Gasteiger partial charge in [0.2, 0.25) is 0 Å². The summed E-state index contributed by atoms with van der Waals surface area (Å²) < 4.78 is 8.86. The Hall–Kier alpha value is -3.05. The molecular formula is C20H16ClN3O2. The van der Waals surface area contributed by atoms with Crippen molar-refractivity contribution in [2.45, 2.75) is 6.61 Å². The zero-order valence-corrected chi connectivity index (χ0v) is 14.8. The molecule has 130 valence electrons. The Morgan fingerprint density at radius 1 is 1.04 bits per heavy atom. The summed E-state index contributed by atoms with van der Waals surface area (Å²) in [5, 5.41) is 0.654. The van der Waals surface area contributed by atoms with Crippen LogP contribution in [0.5, 0.6) is 5.75 Å². The van der Waals surface area contributed by atoms with E-state index in [1.54, 1.807) is 46.5 Å². The molecule has 0 spiro atoms. The number of aryl methyl sites for hydroxylation is 1. The topological polar surface area (TPSA) is 48.5 Å². The molecule has 0 aliphatic rings. The monoisotopic (exact) mass is 365 g/mol. The quantitative estimate of drug-likeness (QED) is 0.550. The molecule has 0 radical (unpaired) electrons. The van der Waals surface area contributed by atoms with E-state index in [0.717, 1.165) is 11.1 Å². The van der Waals surface area contributed by atoms with Crippen molar-refractivity contribution in [2.24, 2.45) is 7.05 Å². The fraction of sp³-hybridized carbons (Fsp3) is 0.100. The molecular weight excluding hydrogens is 350 g/mol. The number of rotatable bonds is 4. The van der Waals surface area contributed by atoms with E-state index in [1.807, 2.05) is 36.5 Å². The molecule has 4 aromatic rings. The first-order chi connectivity index (χ1) is 12.6. The summed E-state index contributed by atoms with van der Waals surface area (Å²) in [6, 6.07) is 17.0. The molecule has 5 nitrogen and oxygen atoms in total. The average molecular weight is 366 g/mol. The third kappa shape index (κ3) is 3.09. The van der Waals surface area contributed by atoms with Crippen LogP contribution in [0, 0.1) is 0 Å². The van der Waals surface area contributed by atoms with Crippen LogP contribution in [0.25, 0.3) is 16.8 Å². The lowest BCUT2D eigenvalue weighted by Crippen LogP contribution is -2.23. The van der Waals surface area contributed by atoms with Gasteiger partial charge in [0.25, 0.3) is 0 Å². The van der Waals surface area contributed by atoms with Crippen molar-refractivity contribution >= 4 is 17.2 Å². The van der Waals surface area contributed by atoms with Gasteiger partial charge in [0.1, 0.15) is 12.4 Å². The number of hydrogen-bond acceptors (Lipinski definition) is 3. The number of hydrogen-bond donors (Lipinski definition) is 0. The van der Waals surface area contributed by atoms with Gasteiger partial charge in [-0.05, 0) is 29.8 Å². The smallest absolute Gasteiger partial charge is 0.333 e. The number of halogens is 1. The van der Waals surface area contributed by atoms with E-state index in [9.17, 15) is 4.79 Å². The Bertz CT molecular complexity index is 1120. The molecule has 0 amide bonds. The van der Waals surface area contributed by atoms with Gasteiger partial charge in [-0.25, -0.2) is 9.78 Å². The van der Waals surface area contributed by atoms with Gasteiger partial charge < -0.3 is 9.30 Å². The van der Waals surface area contributed by atoms with Gasteiger partial charge >= 0.3 is 5.69 Å². The lowest BCUT2D eigenvalue weighted by atomic mass is 10.1. The largest absolute Gasteiger partial charge is 0.487 e. The second-order valence-electron chi connectivity index (χ2n) is 5.97. The van der Waals surface area contributed by atoms with Crippen LogP contribution < -0.4 is 10.4 Å². The minimum Gasteiger partial charge on any atom is -0.487 e. The summed E-state index contributed by atoms with van der Waals surface area (Å²) in [4.78, 5) is 17.1. The van der Waals surface area contributed by atoms with E-state index in [2.05, 4.69) is 4.98 Å².